The van der Waals surface area contributed by atoms with Crippen LogP contribution in [0.2, 0.25) is 0 Å². The number of methoxy groups -OCH3 is 1. The minimum Gasteiger partial charge on any atom is -0.394 e. The predicted octanol–water partition coefficient (Wildman–Crippen LogP) is -6.92. The Balaban J connectivity index is 1.69. The third-order valence-corrected chi connectivity index (χ3v) is 6.29. The molecule has 3 aliphatic heterocycles. The SMILES string of the molecule is CO[C@@H]1O[C@H](CO[C@H]2O[C@H](CO)[C@@H](O)[C@H](O[C@H]3O[C@H](CO)[C@@H](O)[C@H](O)[C@H]3O)[C@H]2O)[C@@H](O)[C@H](O)[C@H]1O. The molecule has 3 rings (SSSR count). The van der Waals surface area contributed by atoms with Crippen LogP contribution in [0.15, 0.2) is 0 Å². The number of hydrogen-bond acceptors (Lipinski definition) is 16. The van der Waals surface area contributed by atoms with Crippen molar-refractivity contribution in [1.82, 2.24) is 0 Å². The van der Waals surface area contributed by atoms with Crippen LogP contribution >= 0.6 is 0 Å². The maximum Gasteiger partial charge on any atom is 0.187 e. The number of ether oxygens (including phenoxy) is 6. The van der Waals surface area contributed by atoms with E-state index in [2.05, 4.69) is 0 Å². The number of aliphatic hydroxyl groups is 10. The summed E-state index contributed by atoms with van der Waals surface area (Å²) in [5.41, 5.74) is 0. The van der Waals surface area contributed by atoms with Gasteiger partial charge >= 0.3 is 0 Å². The first-order chi connectivity index (χ1) is 16.5. The van der Waals surface area contributed by atoms with Crippen molar-refractivity contribution >= 4 is 0 Å². The minimum atomic E-state index is -1.83. The van der Waals surface area contributed by atoms with E-state index < -0.39 is 112 Å². The zero-order valence-corrected chi connectivity index (χ0v) is 18.7. The Morgan fingerprint density at radius 1 is 0.543 bits per heavy atom. The summed E-state index contributed by atoms with van der Waals surface area (Å²) < 4.78 is 31.7. The lowest BCUT2D eigenvalue weighted by atomic mass is 9.97. The van der Waals surface area contributed by atoms with Crippen molar-refractivity contribution in [2.45, 2.75) is 92.1 Å². The molecule has 35 heavy (non-hydrogen) atoms. The quantitative estimate of drug-likeness (QED) is 0.143. The lowest BCUT2D eigenvalue weighted by Gasteiger charge is -2.46. The Labute approximate surface area is 199 Å². The van der Waals surface area contributed by atoms with E-state index >= 15 is 0 Å². The van der Waals surface area contributed by atoms with Crippen molar-refractivity contribution in [3.05, 3.63) is 0 Å². The molecule has 3 saturated heterocycles. The van der Waals surface area contributed by atoms with Crippen LogP contribution in [0.3, 0.4) is 0 Å². The second kappa shape index (κ2) is 12.3. The van der Waals surface area contributed by atoms with Gasteiger partial charge in [0, 0.05) is 7.11 Å². The zero-order valence-electron chi connectivity index (χ0n) is 18.7. The number of rotatable bonds is 8. The van der Waals surface area contributed by atoms with Gasteiger partial charge in [-0.05, 0) is 0 Å². The summed E-state index contributed by atoms with van der Waals surface area (Å²) in [6.45, 7) is -1.99. The molecule has 16 nitrogen and oxygen atoms in total. The average molecular weight is 518 g/mol. The zero-order chi connectivity index (χ0) is 26.0. The third kappa shape index (κ3) is 5.93. The van der Waals surface area contributed by atoms with E-state index in [9.17, 15) is 51.1 Å². The van der Waals surface area contributed by atoms with Crippen LogP contribution in [0.1, 0.15) is 0 Å². The van der Waals surface area contributed by atoms with Gasteiger partial charge in [-0.25, -0.2) is 0 Å². The molecule has 3 fully saturated rings. The van der Waals surface area contributed by atoms with Crippen LogP contribution in [0, 0.1) is 0 Å². The lowest BCUT2D eigenvalue weighted by molar-refractivity contribution is -0.365. The summed E-state index contributed by atoms with van der Waals surface area (Å²) in [7, 11) is 1.21. The summed E-state index contributed by atoms with van der Waals surface area (Å²) >= 11 is 0. The Morgan fingerprint density at radius 2 is 1.03 bits per heavy atom. The van der Waals surface area contributed by atoms with Crippen molar-refractivity contribution in [2.75, 3.05) is 26.9 Å². The first kappa shape index (κ1) is 28.9. The largest absolute Gasteiger partial charge is 0.394 e. The molecule has 0 saturated carbocycles. The van der Waals surface area contributed by atoms with Crippen LogP contribution < -0.4 is 0 Å². The molecular weight excluding hydrogens is 484 g/mol. The molecule has 10 N–H and O–H groups in total. The molecule has 0 aliphatic carbocycles. The van der Waals surface area contributed by atoms with Gasteiger partial charge in [-0.3, -0.25) is 0 Å². The molecule has 0 spiro atoms. The molecule has 0 bridgehead atoms. The standard InChI is InChI=1S/C19H34O16/c1-30-17-13(27)12(26)9(23)7(34-17)4-31-18-15(29)16(10(24)6(3-21)32-18)35-19-14(28)11(25)8(22)5(2-20)33-19/h5-29H,2-4H2,1H3/t5-,6-,7-,8-,9-,10-,11+,12+,13-,14-,15-,16+,17-,18+,19-/m1/s1. The monoisotopic (exact) mass is 518 g/mol. The third-order valence-electron chi connectivity index (χ3n) is 6.29. The van der Waals surface area contributed by atoms with Crippen LogP contribution in [0.25, 0.3) is 0 Å². The van der Waals surface area contributed by atoms with Crippen molar-refractivity contribution in [3.63, 3.8) is 0 Å². The van der Waals surface area contributed by atoms with Gasteiger partial charge in [0.05, 0.1) is 19.8 Å². The van der Waals surface area contributed by atoms with Crippen molar-refractivity contribution in [3.8, 4) is 0 Å². The Kier molecular flexibility index (Phi) is 10.1. The van der Waals surface area contributed by atoms with Gasteiger partial charge in [-0.15, -0.1) is 0 Å². The molecule has 0 aromatic rings. The summed E-state index contributed by atoms with van der Waals surface area (Å²) in [6.07, 6.45) is -23.6. The first-order valence-corrected chi connectivity index (χ1v) is 11.0. The number of aliphatic hydroxyl groups excluding tert-OH is 10. The van der Waals surface area contributed by atoms with Crippen LogP contribution in [0.5, 0.6) is 0 Å². The van der Waals surface area contributed by atoms with Gasteiger partial charge in [0.15, 0.2) is 18.9 Å². The van der Waals surface area contributed by atoms with E-state index in [0.29, 0.717) is 0 Å². The molecule has 3 aliphatic rings. The highest BCUT2D eigenvalue weighted by Gasteiger charge is 2.51. The highest BCUT2D eigenvalue weighted by Crippen LogP contribution is 2.30. The van der Waals surface area contributed by atoms with Gasteiger partial charge in [0.2, 0.25) is 0 Å². The highest BCUT2D eigenvalue weighted by atomic mass is 16.7. The van der Waals surface area contributed by atoms with Crippen molar-refractivity contribution in [2.24, 2.45) is 0 Å². The molecule has 15 atom stereocenters. The topological polar surface area (TPSA) is 258 Å². The van der Waals surface area contributed by atoms with Crippen LogP contribution in [0.4, 0.5) is 0 Å². The summed E-state index contributed by atoms with van der Waals surface area (Å²) in [5, 5.41) is 100. The fourth-order valence-electron chi connectivity index (χ4n) is 4.13. The fourth-order valence-corrected chi connectivity index (χ4v) is 4.13. The molecule has 0 radical (unpaired) electrons. The van der Waals surface area contributed by atoms with E-state index in [4.69, 9.17) is 28.4 Å². The van der Waals surface area contributed by atoms with Crippen LogP contribution in [-0.2, 0) is 28.4 Å². The van der Waals surface area contributed by atoms with Crippen LogP contribution in [-0.4, -0.2) is 170 Å². The van der Waals surface area contributed by atoms with E-state index in [-0.39, 0.29) is 0 Å². The maximum absolute atomic E-state index is 10.7. The van der Waals surface area contributed by atoms with Gasteiger partial charge in [0.1, 0.15) is 73.2 Å². The van der Waals surface area contributed by atoms with Gasteiger partial charge < -0.3 is 79.5 Å². The Hall–Kier alpha value is -0.640. The van der Waals surface area contributed by atoms with Crippen molar-refractivity contribution < 1.29 is 79.5 Å². The average Bonchev–Trinajstić information content (AvgIpc) is 2.85. The maximum atomic E-state index is 10.7. The first-order valence-electron chi connectivity index (χ1n) is 11.0. The van der Waals surface area contributed by atoms with E-state index in [1.165, 1.54) is 7.11 Å². The minimum absolute atomic E-state index is 0.506. The highest BCUT2D eigenvalue weighted by molar-refractivity contribution is 4.95. The van der Waals surface area contributed by atoms with E-state index in [1.807, 2.05) is 0 Å². The second-order valence-corrected chi connectivity index (χ2v) is 8.59. The van der Waals surface area contributed by atoms with Crippen molar-refractivity contribution in [1.29, 1.82) is 0 Å². The lowest BCUT2D eigenvalue weighted by Crippen LogP contribution is -2.65. The normalized spacial score (nSPS) is 51.3. The fraction of sp³-hybridized carbons (Fsp3) is 1.00. The molecule has 0 unspecified atom stereocenters. The molecular formula is C19H34O16. The van der Waals surface area contributed by atoms with E-state index in [1.54, 1.807) is 0 Å². The second-order valence-electron chi connectivity index (χ2n) is 8.59. The Morgan fingerprint density at radius 3 is 1.60 bits per heavy atom. The summed E-state index contributed by atoms with van der Waals surface area (Å²) in [5.74, 6) is 0. The summed E-state index contributed by atoms with van der Waals surface area (Å²) in [4.78, 5) is 0. The molecule has 0 aromatic heterocycles. The molecule has 0 aromatic carbocycles. The number of hydrogen-bond donors (Lipinski definition) is 10. The van der Waals surface area contributed by atoms with E-state index in [0.717, 1.165) is 0 Å². The summed E-state index contributed by atoms with van der Waals surface area (Å²) in [6, 6.07) is 0. The molecule has 16 heteroatoms. The smallest absolute Gasteiger partial charge is 0.187 e. The van der Waals surface area contributed by atoms with Gasteiger partial charge in [-0.1, -0.05) is 0 Å². The predicted molar refractivity (Wildman–Crippen MR) is 106 cm³/mol. The van der Waals surface area contributed by atoms with Gasteiger partial charge in [0.25, 0.3) is 0 Å². The van der Waals surface area contributed by atoms with Gasteiger partial charge in [-0.2, -0.15) is 0 Å². The molecule has 0 amide bonds. The molecule has 3 heterocycles. The Bertz CT molecular complexity index is 652. The molecule has 206 valence electrons.